The van der Waals surface area contributed by atoms with Gasteiger partial charge >= 0.3 is 0 Å². The van der Waals surface area contributed by atoms with Gasteiger partial charge in [0, 0.05) is 17.7 Å². The summed E-state index contributed by atoms with van der Waals surface area (Å²) in [6.45, 7) is 10.0. The van der Waals surface area contributed by atoms with Crippen molar-refractivity contribution >= 4 is 32.7 Å². The van der Waals surface area contributed by atoms with E-state index in [0.717, 1.165) is 53.9 Å². The minimum Gasteiger partial charge on any atom is -0.497 e. The van der Waals surface area contributed by atoms with Gasteiger partial charge in [0.15, 0.2) is 67.3 Å². The molecule has 125 heavy (non-hydrogen) atoms. The van der Waals surface area contributed by atoms with Gasteiger partial charge in [-0.2, -0.15) is 0 Å². The van der Waals surface area contributed by atoms with Gasteiger partial charge in [0.2, 0.25) is 5.82 Å². The highest BCUT2D eigenvalue weighted by Gasteiger charge is 2.34. The maximum Gasteiger partial charge on any atom is 0.200 e. The quantitative estimate of drug-likeness (QED) is 0.0391. The third-order valence-corrected chi connectivity index (χ3v) is 33.4. The molecular weight excluding hydrogens is 1600 g/mol. The number of hydrogen-bond donors (Lipinski definition) is 0. The van der Waals surface area contributed by atoms with Crippen LogP contribution < -0.4 is 9.47 Å². The minimum atomic E-state index is -2.13. The lowest BCUT2D eigenvalue weighted by Gasteiger charge is -2.31. The van der Waals surface area contributed by atoms with Crippen LogP contribution in [0.15, 0.2) is 317 Å². The fourth-order valence-corrected chi connectivity index (χ4v) is 26.3. The maximum atomic E-state index is 12.4. The fourth-order valence-electron chi connectivity index (χ4n) is 19.9. The van der Waals surface area contributed by atoms with Crippen LogP contribution in [0.2, 0.25) is 0 Å². The Bertz CT molecular complexity index is 4780. The van der Waals surface area contributed by atoms with Crippen LogP contribution in [0.1, 0.15) is 289 Å². The number of rotatable bonds is 17. The highest BCUT2D eigenvalue weighted by atomic mass is 32.2. The second-order valence-electron chi connectivity index (χ2n) is 35.3. The molecule has 0 N–H and O–H groups in total. The van der Waals surface area contributed by atoms with E-state index in [1.54, 1.807) is 58.7 Å². The molecule has 0 bridgehead atoms. The van der Waals surface area contributed by atoms with E-state index in [1.165, 1.54) is 248 Å². The Hall–Kier alpha value is -9.06. The molecule has 6 saturated carbocycles. The lowest BCUT2D eigenvalue weighted by Crippen LogP contribution is -2.14. The molecule has 0 aliphatic heterocycles. The van der Waals surface area contributed by atoms with Gasteiger partial charge in [0.1, 0.15) is 11.5 Å². The first kappa shape index (κ1) is 93.6. The van der Waals surface area contributed by atoms with Crippen LogP contribution >= 0.6 is 0 Å². The highest BCUT2D eigenvalue weighted by Crippen LogP contribution is 2.47. The van der Waals surface area contributed by atoms with Gasteiger partial charge in [-0.3, -0.25) is 0 Å². The Labute approximate surface area is 754 Å². The molecule has 0 aromatic heterocycles. The molecule has 6 aliphatic rings. The molecule has 0 heterocycles. The number of methoxy groups -OCH3 is 2. The summed E-state index contributed by atoms with van der Waals surface area (Å²) in [4.78, 5) is 11.9. The van der Waals surface area contributed by atoms with Crippen LogP contribution in [0.4, 0.5) is 22.0 Å². The third kappa shape index (κ3) is 25.7. The van der Waals surface area contributed by atoms with Gasteiger partial charge < -0.3 is 9.47 Å². The van der Waals surface area contributed by atoms with E-state index < -0.39 is 34.6 Å². The molecule has 12 aromatic carbocycles. The molecule has 10 heteroatoms. The molecule has 18 rings (SSSR count). The lowest BCUT2D eigenvalue weighted by atomic mass is 9.74. The van der Waals surface area contributed by atoms with Crippen molar-refractivity contribution in [3.05, 3.63) is 363 Å². The van der Waals surface area contributed by atoms with Crippen LogP contribution in [0.25, 0.3) is 0 Å². The van der Waals surface area contributed by atoms with Crippen LogP contribution in [0, 0.1) is 63.7 Å². The smallest absolute Gasteiger partial charge is 0.200 e. The summed E-state index contributed by atoms with van der Waals surface area (Å²) in [7, 11) is 3.16. The summed E-state index contributed by atoms with van der Waals surface area (Å²) < 4.78 is 72.4. The Morgan fingerprint density at radius 2 is 0.440 bits per heavy atom. The summed E-state index contributed by atoms with van der Waals surface area (Å²) in [5.41, 5.74) is 15.6. The van der Waals surface area contributed by atoms with E-state index in [1.807, 2.05) is 24.3 Å². The molecule has 6 fully saturated rings. The minimum absolute atomic E-state index is 0.0146. The Kier molecular flexibility index (Phi) is 36.1. The Morgan fingerprint density at radius 3 is 0.712 bits per heavy atom. The summed E-state index contributed by atoms with van der Waals surface area (Å²) in [5, 5.41) is 0. The Morgan fingerprint density at radius 1 is 0.208 bits per heavy atom. The second-order valence-corrected chi connectivity index (χ2v) is 41.4. The molecule has 0 spiro atoms. The molecule has 654 valence electrons. The van der Waals surface area contributed by atoms with Crippen LogP contribution in [0.5, 0.6) is 11.5 Å². The largest absolute Gasteiger partial charge is 0.497 e. The number of hydrogen-bond acceptors (Lipinski definition) is 2. The number of benzene rings is 12. The topological polar surface area (TPSA) is 18.5 Å². The van der Waals surface area contributed by atoms with Crippen molar-refractivity contribution in [2.75, 3.05) is 14.2 Å². The molecular formula is C115H132F5O2S3+3. The van der Waals surface area contributed by atoms with Gasteiger partial charge in [0.05, 0.1) is 46.9 Å². The molecule has 0 unspecified atom stereocenters. The summed E-state index contributed by atoms with van der Waals surface area (Å²) >= 11 is 0. The van der Waals surface area contributed by atoms with Gasteiger partial charge in [0.25, 0.3) is 0 Å². The predicted octanol–water partition coefficient (Wildman–Crippen LogP) is 33.9. The maximum absolute atomic E-state index is 12.4. The molecule has 6 aliphatic carbocycles. The molecule has 2 nitrogen and oxygen atoms in total. The van der Waals surface area contributed by atoms with Crippen molar-refractivity contribution in [2.45, 2.75) is 307 Å². The zero-order valence-electron chi connectivity index (χ0n) is 75.1. The van der Waals surface area contributed by atoms with E-state index in [-0.39, 0.29) is 32.7 Å². The summed E-state index contributed by atoms with van der Waals surface area (Å²) in [5.74, 6) is -2.61. The van der Waals surface area contributed by atoms with E-state index in [0.29, 0.717) is 0 Å². The van der Waals surface area contributed by atoms with Crippen molar-refractivity contribution in [2.24, 2.45) is 0 Å². The van der Waals surface area contributed by atoms with Gasteiger partial charge in [-0.25, -0.2) is 22.0 Å². The fraction of sp³-hybridized carbons (Fsp3) is 0.374. The SMILES string of the molecule is COc1cccc([S+](c2cccc(C)c2)c2cccc(OC)c2)c1.Cc1c(C2CCCCC2)cc(C2CCCCC2)cc1C1CCCCC1.Cc1c(C2CCCCC2)cc(C2CCCCC2)cc1C1CCCCC1.Cc1c(F)c(F)c(F)c(F)c1F.Cc1ccc([S+](c2ccccc2)c2ccccc2)cc1.c1ccc([S+](c2ccccc2)c2ccccc2)cc1. The molecule has 0 atom stereocenters. The standard InChI is InChI=1S/2C25H38.C21H21O2S.C19H17S.C18H15S.C7H3F5/c2*1-19-24(21-13-7-3-8-14-21)17-23(20-11-5-2-6-12-20)18-25(19)22-15-9-4-10-16-22;1-16-7-4-10-19(13-16)24(20-11-5-8-17(14-20)22-2)21-12-6-9-18(15-21)23-3;1-16-12-14-19(15-13-16)20(17-8-4-2-5-9-17)18-10-6-3-7-11-18;1-4-10-16(11-5-1)19(17-12-6-2-7-13-17)18-14-8-3-9-15-18;1-2-3(8)5(10)7(12)6(11)4(2)9/h2*17-18,20-22H,2-16H2,1H3;4-15H,1-3H3;2-15H,1H3;1-15H;1H3/q;;3*+1;. The second kappa shape index (κ2) is 48.2. The number of halogens is 5. The summed E-state index contributed by atoms with van der Waals surface area (Å²) in [6.07, 6.45) is 43.6. The number of aryl methyl sites for hydroxylation is 2. The van der Waals surface area contributed by atoms with Crippen LogP contribution in [-0.4, -0.2) is 14.2 Å². The zero-order valence-corrected chi connectivity index (χ0v) is 77.5. The zero-order chi connectivity index (χ0) is 87.2. The summed E-state index contributed by atoms with van der Waals surface area (Å²) in [6, 6.07) is 98.6. The lowest BCUT2D eigenvalue weighted by molar-refractivity contribution is 0.373. The van der Waals surface area contributed by atoms with Gasteiger partial charge in [-0.1, -0.05) is 273 Å². The Balaban J connectivity index is 0.000000130. The van der Waals surface area contributed by atoms with Crippen LogP contribution in [0.3, 0.4) is 0 Å². The van der Waals surface area contributed by atoms with E-state index >= 15 is 0 Å². The van der Waals surface area contributed by atoms with E-state index in [4.69, 9.17) is 9.47 Å². The van der Waals surface area contributed by atoms with Crippen molar-refractivity contribution in [1.82, 2.24) is 0 Å². The predicted molar refractivity (Wildman–Crippen MR) is 515 cm³/mol. The van der Waals surface area contributed by atoms with E-state index in [2.05, 4.69) is 276 Å². The molecule has 0 amide bonds. The van der Waals surface area contributed by atoms with Crippen molar-refractivity contribution < 1.29 is 31.4 Å². The van der Waals surface area contributed by atoms with Gasteiger partial charge in [-0.05, 0) is 306 Å². The average molecular weight is 1740 g/mol. The molecule has 12 aromatic rings. The first-order chi connectivity index (χ1) is 61.1. The number of ether oxygens (including phenoxy) is 2. The van der Waals surface area contributed by atoms with Gasteiger partial charge in [-0.15, -0.1) is 0 Å². The van der Waals surface area contributed by atoms with Crippen LogP contribution in [-0.2, 0) is 32.7 Å². The van der Waals surface area contributed by atoms with Crippen molar-refractivity contribution in [3.63, 3.8) is 0 Å². The molecule has 0 saturated heterocycles. The normalized spacial score (nSPS) is 16.2. The first-order valence-corrected chi connectivity index (χ1v) is 50.5. The monoisotopic (exact) mass is 1740 g/mol. The highest BCUT2D eigenvalue weighted by molar-refractivity contribution is 7.97. The first-order valence-electron chi connectivity index (χ1n) is 46.8. The van der Waals surface area contributed by atoms with Crippen molar-refractivity contribution in [1.29, 1.82) is 0 Å². The third-order valence-electron chi connectivity index (χ3n) is 26.7. The van der Waals surface area contributed by atoms with Crippen molar-refractivity contribution in [3.8, 4) is 11.5 Å². The molecule has 0 radical (unpaired) electrons. The van der Waals surface area contributed by atoms with E-state index in [9.17, 15) is 22.0 Å². The average Bonchev–Trinajstić information content (AvgIpc) is 0.785.